The Kier molecular flexibility index (Phi) is 3.60. The van der Waals surface area contributed by atoms with Crippen LogP contribution in [0.15, 0.2) is 18.2 Å². The second-order valence-electron chi connectivity index (χ2n) is 2.57. The van der Waals surface area contributed by atoms with E-state index >= 15 is 0 Å². The lowest BCUT2D eigenvalue weighted by Crippen LogP contribution is -2.07. The Labute approximate surface area is 80.2 Å². The van der Waals surface area contributed by atoms with Crippen LogP contribution >= 0.6 is 12.4 Å². The number of anilines is 1. The van der Waals surface area contributed by atoms with Gasteiger partial charge in [-0.1, -0.05) is 6.07 Å². The molecule has 0 saturated heterocycles. The maximum atomic E-state index is 12.2. The fourth-order valence-corrected chi connectivity index (χ4v) is 0.945. The van der Waals surface area contributed by atoms with Crippen molar-refractivity contribution in [3.63, 3.8) is 0 Å². The van der Waals surface area contributed by atoms with E-state index in [9.17, 15) is 13.2 Å². The van der Waals surface area contributed by atoms with Gasteiger partial charge < -0.3 is 5.73 Å². The normalized spacial score (nSPS) is 10.8. The molecule has 1 nitrogen and oxygen atoms in total. The average Bonchev–Trinajstić information content (AvgIpc) is 1.92. The lowest BCUT2D eigenvalue weighted by atomic mass is 10.1. The first-order valence-corrected chi connectivity index (χ1v) is 3.34. The van der Waals surface area contributed by atoms with Gasteiger partial charge in [-0.05, 0) is 24.6 Å². The zero-order valence-electron chi connectivity index (χ0n) is 6.85. The Morgan fingerprint density at radius 1 is 1.23 bits per heavy atom. The highest BCUT2D eigenvalue weighted by atomic mass is 35.5. The minimum atomic E-state index is -4.31. The first-order chi connectivity index (χ1) is 5.41. The molecule has 0 atom stereocenters. The summed E-state index contributed by atoms with van der Waals surface area (Å²) in [5, 5.41) is 0. The molecule has 0 amide bonds. The summed E-state index contributed by atoms with van der Waals surface area (Å²) in [7, 11) is 0. The largest absolute Gasteiger partial charge is 0.416 e. The molecule has 0 aliphatic rings. The Morgan fingerprint density at radius 2 is 1.77 bits per heavy atom. The lowest BCUT2D eigenvalue weighted by molar-refractivity contribution is -0.138. The Balaban J connectivity index is 0.00000144. The van der Waals surface area contributed by atoms with E-state index in [1.807, 2.05) is 0 Å². The molecule has 0 heterocycles. The second kappa shape index (κ2) is 3.87. The van der Waals surface area contributed by atoms with Crippen LogP contribution in [0.25, 0.3) is 0 Å². The third-order valence-corrected chi connectivity index (χ3v) is 1.57. The molecule has 5 heteroatoms. The van der Waals surface area contributed by atoms with Crippen molar-refractivity contribution >= 4 is 18.1 Å². The Morgan fingerprint density at radius 3 is 2.15 bits per heavy atom. The lowest BCUT2D eigenvalue weighted by Gasteiger charge is -2.09. The van der Waals surface area contributed by atoms with Gasteiger partial charge in [-0.25, -0.2) is 0 Å². The van der Waals surface area contributed by atoms with E-state index in [-0.39, 0.29) is 23.7 Å². The summed E-state index contributed by atoms with van der Waals surface area (Å²) in [5.74, 6) is 0. The molecule has 0 saturated carbocycles. The number of alkyl halides is 3. The van der Waals surface area contributed by atoms with Crippen molar-refractivity contribution in [2.24, 2.45) is 0 Å². The second-order valence-corrected chi connectivity index (χ2v) is 2.57. The van der Waals surface area contributed by atoms with Crippen LogP contribution in [0.4, 0.5) is 18.9 Å². The van der Waals surface area contributed by atoms with Crippen LogP contribution in [-0.4, -0.2) is 0 Å². The molecule has 1 aromatic rings. The average molecular weight is 212 g/mol. The molecule has 1 rings (SSSR count). The van der Waals surface area contributed by atoms with E-state index in [4.69, 9.17) is 5.73 Å². The van der Waals surface area contributed by atoms with Crippen molar-refractivity contribution in [3.8, 4) is 0 Å². The van der Waals surface area contributed by atoms with Gasteiger partial charge in [0.05, 0.1) is 5.56 Å². The maximum absolute atomic E-state index is 12.2. The SMILES string of the molecule is Cc1ccc(N)cc1C(F)(F)F.Cl. The highest BCUT2D eigenvalue weighted by Gasteiger charge is 2.32. The minimum Gasteiger partial charge on any atom is -0.399 e. The highest BCUT2D eigenvalue weighted by molar-refractivity contribution is 5.85. The maximum Gasteiger partial charge on any atom is 0.416 e. The van der Waals surface area contributed by atoms with Gasteiger partial charge in [0.1, 0.15) is 0 Å². The van der Waals surface area contributed by atoms with Gasteiger partial charge in [-0.2, -0.15) is 13.2 Å². The number of nitrogens with two attached hydrogens (primary N) is 1. The third kappa shape index (κ3) is 2.81. The molecule has 1 aromatic carbocycles. The molecular formula is C8H9ClF3N. The number of aryl methyl sites for hydroxylation is 1. The van der Waals surface area contributed by atoms with Gasteiger partial charge in [0, 0.05) is 5.69 Å². The summed E-state index contributed by atoms with van der Waals surface area (Å²) in [4.78, 5) is 0. The summed E-state index contributed by atoms with van der Waals surface area (Å²) in [6.45, 7) is 1.41. The Bertz CT molecular complexity index is 296. The van der Waals surface area contributed by atoms with Crippen LogP contribution in [0, 0.1) is 6.92 Å². The molecule has 13 heavy (non-hydrogen) atoms. The predicted octanol–water partition coefficient (Wildman–Crippen LogP) is 3.02. The fraction of sp³-hybridized carbons (Fsp3) is 0.250. The molecule has 0 radical (unpaired) electrons. The number of halogens is 4. The van der Waals surface area contributed by atoms with Crippen molar-refractivity contribution in [1.82, 2.24) is 0 Å². The van der Waals surface area contributed by atoms with E-state index in [2.05, 4.69) is 0 Å². The first kappa shape index (κ1) is 12.1. The summed E-state index contributed by atoms with van der Waals surface area (Å²) in [5.41, 5.74) is 4.88. The molecule has 0 aliphatic heterocycles. The van der Waals surface area contributed by atoms with E-state index in [1.165, 1.54) is 19.1 Å². The van der Waals surface area contributed by atoms with Crippen molar-refractivity contribution in [2.45, 2.75) is 13.1 Å². The topological polar surface area (TPSA) is 26.0 Å². The minimum absolute atomic E-state index is 0. The molecule has 2 N–H and O–H groups in total. The van der Waals surface area contributed by atoms with Gasteiger partial charge in [0.15, 0.2) is 0 Å². The zero-order valence-corrected chi connectivity index (χ0v) is 7.67. The van der Waals surface area contributed by atoms with Gasteiger partial charge in [0.2, 0.25) is 0 Å². The number of rotatable bonds is 0. The van der Waals surface area contributed by atoms with Gasteiger partial charge >= 0.3 is 6.18 Å². The van der Waals surface area contributed by atoms with Crippen molar-refractivity contribution in [3.05, 3.63) is 29.3 Å². The van der Waals surface area contributed by atoms with Crippen LogP contribution in [0.2, 0.25) is 0 Å². The molecule has 0 aliphatic carbocycles. The molecule has 0 bridgehead atoms. The fourth-order valence-electron chi connectivity index (χ4n) is 0.945. The zero-order chi connectivity index (χ0) is 9.35. The summed E-state index contributed by atoms with van der Waals surface area (Å²) in [6.07, 6.45) is -4.31. The van der Waals surface area contributed by atoms with Crippen molar-refractivity contribution in [2.75, 3.05) is 5.73 Å². The van der Waals surface area contributed by atoms with E-state index < -0.39 is 11.7 Å². The molecule has 74 valence electrons. The van der Waals surface area contributed by atoms with Gasteiger partial charge in [-0.3, -0.25) is 0 Å². The molecule has 0 unspecified atom stereocenters. The smallest absolute Gasteiger partial charge is 0.399 e. The molecule has 0 aromatic heterocycles. The number of hydrogen-bond acceptors (Lipinski definition) is 1. The van der Waals surface area contributed by atoms with Crippen molar-refractivity contribution < 1.29 is 13.2 Å². The van der Waals surface area contributed by atoms with E-state index in [0.717, 1.165) is 6.07 Å². The van der Waals surface area contributed by atoms with E-state index in [1.54, 1.807) is 0 Å². The van der Waals surface area contributed by atoms with Crippen LogP contribution in [0.5, 0.6) is 0 Å². The summed E-state index contributed by atoms with van der Waals surface area (Å²) in [6, 6.07) is 3.75. The predicted molar refractivity (Wildman–Crippen MR) is 47.8 cm³/mol. The first-order valence-electron chi connectivity index (χ1n) is 3.34. The standard InChI is InChI=1S/C8H8F3N.ClH/c1-5-2-3-6(12)4-7(5)8(9,10)11;/h2-4H,12H2,1H3;1H. The quantitative estimate of drug-likeness (QED) is 0.656. The number of nitrogen functional groups attached to an aromatic ring is 1. The van der Waals surface area contributed by atoms with Crippen LogP contribution in [0.1, 0.15) is 11.1 Å². The van der Waals surface area contributed by atoms with Gasteiger partial charge in [0.25, 0.3) is 0 Å². The van der Waals surface area contributed by atoms with Crippen LogP contribution in [-0.2, 0) is 6.18 Å². The van der Waals surface area contributed by atoms with Crippen molar-refractivity contribution in [1.29, 1.82) is 0 Å². The number of benzene rings is 1. The monoisotopic (exact) mass is 211 g/mol. The molecule has 0 fully saturated rings. The highest BCUT2D eigenvalue weighted by Crippen LogP contribution is 2.32. The van der Waals surface area contributed by atoms with Crippen LogP contribution in [0.3, 0.4) is 0 Å². The molecule has 0 spiro atoms. The third-order valence-electron chi connectivity index (χ3n) is 1.57. The number of hydrogen-bond donors (Lipinski definition) is 1. The van der Waals surface area contributed by atoms with Gasteiger partial charge in [-0.15, -0.1) is 12.4 Å². The Hall–Kier alpha value is -0.900. The molecular weight excluding hydrogens is 203 g/mol. The van der Waals surface area contributed by atoms with Crippen LogP contribution < -0.4 is 5.73 Å². The summed E-state index contributed by atoms with van der Waals surface area (Å²) >= 11 is 0. The summed E-state index contributed by atoms with van der Waals surface area (Å²) < 4.78 is 36.5. The van der Waals surface area contributed by atoms with E-state index in [0.29, 0.717) is 0 Å².